The lowest BCUT2D eigenvalue weighted by atomic mass is 10.2. The molecule has 1 aromatic carbocycles. The molecule has 0 saturated carbocycles. The Kier molecular flexibility index (Phi) is 2.69. The Morgan fingerprint density at radius 2 is 1.85 bits per heavy atom. The van der Waals surface area contributed by atoms with Gasteiger partial charge in [-0.15, -0.1) is 0 Å². The zero-order chi connectivity index (χ0) is 9.90. The largest absolute Gasteiger partial charge is 0.250 e. The van der Waals surface area contributed by atoms with Crippen LogP contribution in [-0.2, 0) is 9.73 Å². The summed E-state index contributed by atoms with van der Waals surface area (Å²) in [5.41, 5.74) is 1.23. The van der Waals surface area contributed by atoms with E-state index < -0.39 is 9.73 Å². The first-order valence-electron chi connectivity index (χ1n) is 3.68. The molecule has 0 N–H and O–H groups in total. The van der Waals surface area contributed by atoms with Crippen LogP contribution in [0.4, 0.5) is 5.69 Å². The molecule has 68 valence electrons. The van der Waals surface area contributed by atoms with Gasteiger partial charge in [-0.1, -0.05) is 0 Å². The summed E-state index contributed by atoms with van der Waals surface area (Å²) < 4.78 is 15.3. The van der Waals surface area contributed by atoms with E-state index in [1.807, 2.05) is 6.07 Å². The summed E-state index contributed by atoms with van der Waals surface area (Å²) in [7, 11) is -2.10. The SMILES string of the molecule is CS(C)(=O)=Nc1ccc(C#N)cc1. The van der Waals surface area contributed by atoms with E-state index in [1.165, 1.54) is 0 Å². The molecule has 0 aliphatic rings. The lowest BCUT2D eigenvalue weighted by Crippen LogP contribution is -1.88. The van der Waals surface area contributed by atoms with Crippen molar-refractivity contribution in [3.05, 3.63) is 29.8 Å². The number of benzene rings is 1. The molecule has 0 radical (unpaired) electrons. The standard InChI is InChI=1S/C9H10N2OS/c1-13(2,12)11-9-5-3-8(7-10)4-6-9/h3-6H,1-2H3. The molecule has 0 unspecified atom stereocenters. The lowest BCUT2D eigenvalue weighted by Gasteiger charge is -1.95. The highest BCUT2D eigenvalue weighted by Crippen LogP contribution is 2.13. The normalized spacial score (nSPS) is 10.5. The Hall–Kier alpha value is -1.34. The van der Waals surface area contributed by atoms with E-state index in [1.54, 1.807) is 36.8 Å². The molecule has 0 aromatic heterocycles. The summed E-state index contributed by atoms with van der Waals surface area (Å²) in [6.45, 7) is 0. The summed E-state index contributed by atoms with van der Waals surface area (Å²) >= 11 is 0. The van der Waals surface area contributed by atoms with Crippen LogP contribution in [0, 0.1) is 11.3 Å². The number of nitrogens with zero attached hydrogens (tertiary/aromatic N) is 2. The van der Waals surface area contributed by atoms with E-state index in [9.17, 15) is 4.21 Å². The fourth-order valence-electron chi connectivity index (χ4n) is 0.851. The summed E-state index contributed by atoms with van der Waals surface area (Å²) in [5.74, 6) is 0. The molecule has 0 spiro atoms. The average molecular weight is 194 g/mol. The maximum Gasteiger partial charge on any atom is 0.0991 e. The quantitative estimate of drug-likeness (QED) is 0.685. The maximum absolute atomic E-state index is 11.3. The fraction of sp³-hybridized carbons (Fsp3) is 0.222. The summed E-state index contributed by atoms with van der Waals surface area (Å²) in [6, 6.07) is 8.69. The lowest BCUT2D eigenvalue weighted by molar-refractivity contribution is 0.684. The molecule has 0 fully saturated rings. The first kappa shape index (κ1) is 9.75. The van der Waals surface area contributed by atoms with Gasteiger partial charge in [-0.2, -0.15) is 9.62 Å². The second kappa shape index (κ2) is 3.58. The molecule has 1 rings (SSSR count). The molecule has 0 aliphatic heterocycles. The fourth-order valence-corrected chi connectivity index (χ4v) is 1.48. The molecule has 0 aliphatic carbocycles. The highest BCUT2D eigenvalue weighted by Gasteiger charge is 1.93. The number of rotatable bonds is 1. The molecule has 1 aromatic rings. The number of hydrogen-bond donors (Lipinski definition) is 0. The van der Waals surface area contributed by atoms with Crippen LogP contribution in [-0.4, -0.2) is 16.7 Å². The Morgan fingerprint density at radius 3 is 2.23 bits per heavy atom. The molecule has 4 heteroatoms. The molecule has 3 nitrogen and oxygen atoms in total. The van der Waals surface area contributed by atoms with Gasteiger partial charge in [0.15, 0.2) is 0 Å². The van der Waals surface area contributed by atoms with Crippen molar-refractivity contribution in [2.24, 2.45) is 4.36 Å². The summed E-state index contributed by atoms with van der Waals surface area (Å²) in [5, 5.41) is 8.52. The van der Waals surface area contributed by atoms with Crippen molar-refractivity contribution in [3.63, 3.8) is 0 Å². The minimum absolute atomic E-state index is 0.581. The average Bonchev–Trinajstić information content (AvgIpc) is 2.03. The van der Waals surface area contributed by atoms with E-state index >= 15 is 0 Å². The third-order valence-corrected chi connectivity index (χ3v) is 1.97. The van der Waals surface area contributed by atoms with Gasteiger partial charge in [0.25, 0.3) is 0 Å². The Balaban J connectivity index is 3.10. The van der Waals surface area contributed by atoms with Gasteiger partial charge >= 0.3 is 0 Å². The number of nitriles is 1. The Morgan fingerprint density at radius 1 is 1.31 bits per heavy atom. The van der Waals surface area contributed by atoms with Crippen LogP contribution in [0.25, 0.3) is 0 Å². The van der Waals surface area contributed by atoms with Crippen LogP contribution < -0.4 is 0 Å². The summed E-state index contributed by atoms with van der Waals surface area (Å²) in [4.78, 5) is 0. The predicted octanol–water partition coefficient (Wildman–Crippen LogP) is 1.92. The summed E-state index contributed by atoms with van der Waals surface area (Å²) in [6.07, 6.45) is 3.15. The smallest absolute Gasteiger partial charge is 0.0991 e. The van der Waals surface area contributed by atoms with Crippen LogP contribution in [0.3, 0.4) is 0 Å². The van der Waals surface area contributed by atoms with Crippen LogP contribution in [0.1, 0.15) is 5.56 Å². The zero-order valence-corrected chi connectivity index (χ0v) is 8.34. The molecular formula is C9H10N2OS. The second-order valence-electron chi connectivity index (χ2n) is 2.93. The van der Waals surface area contributed by atoms with Gasteiger partial charge in [-0.05, 0) is 24.3 Å². The third kappa shape index (κ3) is 3.26. The van der Waals surface area contributed by atoms with Crippen molar-refractivity contribution in [3.8, 4) is 6.07 Å². The predicted molar refractivity (Wildman–Crippen MR) is 53.2 cm³/mol. The topological polar surface area (TPSA) is 53.2 Å². The number of hydrogen-bond acceptors (Lipinski definition) is 3. The van der Waals surface area contributed by atoms with Crippen molar-refractivity contribution >= 4 is 15.4 Å². The van der Waals surface area contributed by atoms with E-state index in [4.69, 9.17) is 5.26 Å². The molecule has 0 amide bonds. The van der Waals surface area contributed by atoms with Gasteiger partial charge in [0.05, 0.1) is 17.3 Å². The molecule has 0 saturated heterocycles. The highest BCUT2D eigenvalue weighted by atomic mass is 32.2. The third-order valence-electron chi connectivity index (χ3n) is 1.32. The Bertz CT molecular complexity index is 439. The van der Waals surface area contributed by atoms with Crippen LogP contribution in [0.2, 0.25) is 0 Å². The van der Waals surface area contributed by atoms with E-state index in [-0.39, 0.29) is 0 Å². The van der Waals surface area contributed by atoms with Crippen LogP contribution in [0.15, 0.2) is 28.6 Å². The van der Waals surface area contributed by atoms with Gasteiger partial charge < -0.3 is 0 Å². The molecule has 13 heavy (non-hydrogen) atoms. The molecule has 0 heterocycles. The Labute approximate surface area is 78.2 Å². The van der Waals surface area contributed by atoms with Crippen molar-refractivity contribution in [2.45, 2.75) is 0 Å². The molecule has 0 bridgehead atoms. The molecular weight excluding hydrogens is 184 g/mol. The van der Waals surface area contributed by atoms with E-state index in [0.717, 1.165) is 0 Å². The molecule has 0 atom stereocenters. The minimum Gasteiger partial charge on any atom is -0.250 e. The minimum atomic E-state index is -2.10. The van der Waals surface area contributed by atoms with Gasteiger partial charge in [0.2, 0.25) is 0 Å². The van der Waals surface area contributed by atoms with Gasteiger partial charge in [0, 0.05) is 22.2 Å². The first-order chi connectivity index (χ1) is 6.01. The van der Waals surface area contributed by atoms with Crippen molar-refractivity contribution in [1.82, 2.24) is 0 Å². The second-order valence-corrected chi connectivity index (χ2v) is 5.48. The van der Waals surface area contributed by atoms with Gasteiger partial charge in [0.1, 0.15) is 0 Å². The maximum atomic E-state index is 11.3. The monoisotopic (exact) mass is 194 g/mol. The van der Waals surface area contributed by atoms with Crippen molar-refractivity contribution < 1.29 is 4.21 Å². The highest BCUT2D eigenvalue weighted by molar-refractivity contribution is 7.92. The van der Waals surface area contributed by atoms with Crippen LogP contribution >= 0.6 is 0 Å². The van der Waals surface area contributed by atoms with Crippen LogP contribution in [0.5, 0.6) is 0 Å². The zero-order valence-electron chi connectivity index (χ0n) is 7.52. The van der Waals surface area contributed by atoms with E-state index in [2.05, 4.69) is 4.36 Å². The van der Waals surface area contributed by atoms with Gasteiger partial charge in [-0.25, -0.2) is 4.21 Å². The van der Waals surface area contributed by atoms with E-state index in [0.29, 0.717) is 11.3 Å². The first-order valence-corrected chi connectivity index (χ1v) is 6.02. The van der Waals surface area contributed by atoms with Gasteiger partial charge in [-0.3, -0.25) is 0 Å². The van der Waals surface area contributed by atoms with Crippen molar-refractivity contribution in [2.75, 3.05) is 12.5 Å². The van der Waals surface area contributed by atoms with Crippen molar-refractivity contribution in [1.29, 1.82) is 5.26 Å².